The highest BCUT2D eigenvalue weighted by atomic mass is 16.6. The van der Waals surface area contributed by atoms with Crippen molar-refractivity contribution in [1.29, 1.82) is 0 Å². The summed E-state index contributed by atoms with van der Waals surface area (Å²) in [6, 6.07) is 9.03. The van der Waals surface area contributed by atoms with E-state index in [2.05, 4.69) is 5.32 Å². The van der Waals surface area contributed by atoms with Gasteiger partial charge in [-0.2, -0.15) is 0 Å². The summed E-state index contributed by atoms with van der Waals surface area (Å²) in [7, 11) is 0. The minimum absolute atomic E-state index is 0.120. The quantitative estimate of drug-likeness (QED) is 0.731. The van der Waals surface area contributed by atoms with Crippen molar-refractivity contribution >= 4 is 6.09 Å². The number of amides is 1. The second-order valence-corrected chi connectivity index (χ2v) is 3.17. The van der Waals surface area contributed by atoms with E-state index < -0.39 is 6.09 Å². The van der Waals surface area contributed by atoms with Gasteiger partial charge in [-0.1, -0.05) is 30.3 Å². The molecule has 0 radical (unpaired) electrons. The highest BCUT2D eigenvalue weighted by molar-refractivity contribution is 5.70. The zero-order chi connectivity index (χ0) is 9.97. The lowest BCUT2D eigenvalue weighted by atomic mass is 10.0. The Morgan fingerprint density at radius 2 is 2.07 bits per heavy atom. The molecule has 0 aromatic heterocycles. The summed E-state index contributed by atoms with van der Waals surface area (Å²) in [6.45, 7) is -0.120. The Bertz CT molecular complexity index is 325. The summed E-state index contributed by atoms with van der Waals surface area (Å²) in [6.07, 6.45) is -0.855. The molecule has 1 heterocycles. The van der Waals surface area contributed by atoms with Crippen molar-refractivity contribution in [2.75, 3.05) is 6.61 Å². The molecule has 0 spiro atoms. The second-order valence-electron chi connectivity index (χ2n) is 3.17. The van der Waals surface area contributed by atoms with Crippen LogP contribution in [-0.2, 0) is 4.74 Å². The predicted octanol–water partition coefficient (Wildman–Crippen LogP) is 0.828. The summed E-state index contributed by atoms with van der Waals surface area (Å²) in [4.78, 5) is 11.0. The molecule has 0 bridgehead atoms. The number of carbonyl (C=O) groups excluding carboxylic acids is 1. The number of nitrogens with one attached hydrogen (secondary N) is 1. The number of ether oxygens (including phenoxy) is 1. The molecule has 1 amide bonds. The molecule has 14 heavy (non-hydrogen) atoms. The van der Waals surface area contributed by atoms with Crippen LogP contribution in [-0.4, -0.2) is 23.8 Å². The molecule has 4 nitrogen and oxygen atoms in total. The fraction of sp³-hybridized carbons (Fsp3) is 0.300. The van der Waals surface area contributed by atoms with Crippen LogP contribution in [0.1, 0.15) is 11.7 Å². The molecule has 1 aliphatic rings. The Morgan fingerprint density at radius 1 is 1.36 bits per heavy atom. The van der Waals surface area contributed by atoms with E-state index in [-0.39, 0.29) is 18.8 Å². The van der Waals surface area contributed by atoms with Crippen molar-refractivity contribution in [3.8, 4) is 0 Å². The van der Waals surface area contributed by atoms with Crippen LogP contribution in [0.3, 0.4) is 0 Å². The topological polar surface area (TPSA) is 58.6 Å². The van der Waals surface area contributed by atoms with Crippen molar-refractivity contribution in [3.05, 3.63) is 35.9 Å². The molecule has 0 unspecified atom stereocenters. The predicted molar refractivity (Wildman–Crippen MR) is 49.7 cm³/mol. The molecule has 4 heteroatoms. The van der Waals surface area contributed by atoms with Crippen LogP contribution in [0.25, 0.3) is 0 Å². The van der Waals surface area contributed by atoms with Crippen molar-refractivity contribution < 1.29 is 14.6 Å². The zero-order valence-corrected chi connectivity index (χ0v) is 7.51. The molecular formula is C10H11NO3. The number of hydrogen-bond acceptors (Lipinski definition) is 3. The van der Waals surface area contributed by atoms with E-state index in [4.69, 9.17) is 9.84 Å². The molecule has 0 aliphatic carbocycles. The van der Waals surface area contributed by atoms with Gasteiger partial charge in [0.2, 0.25) is 0 Å². The molecule has 1 aliphatic heterocycles. The maximum atomic E-state index is 11.0. The Labute approximate surface area is 81.5 Å². The second kappa shape index (κ2) is 3.67. The van der Waals surface area contributed by atoms with Gasteiger partial charge in [-0.05, 0) is 5.56 Å². The van der Waals surface area contributed by atoms with E-state index >= 15 is 0 Å². The van der Waals surface area contributed by atoms with Gasteiger partial charge in [0, 0.05) is 0 Å². The lowest BCUT2D eigenvalue weighted by Gasteiger charge is -2.14. The van der Waals surface area contributed by atoms with Gasteiger partial charge in [0.05, 0.1) is 12.6 Å². The highest BCUT2D eigenvalue weighted by Gasteiger charge is 2.34. The molecule has 1 fully saturated rings. The number of cyclic esters (lactones) is 1. The number of benzene rings is 1. The molecule has 74 valence electrons. The fourth-order valence-electron chi connectivity index (χ4n) is 1.54. The average molecular weight is 193 g/mol. The maximum absolute atomic E-state index is 11.0. The van der Waals surface area contributed by atoms with Crippen LogP contribution in [0.5, 0.6) is 0 Å². The van der Waals surface area contributed by atoms with Crippen LogP contribution in [0.4, 0.5) is 4.79 Å². The highest BCUT2D eigenvalue weighted by Crippen LogP contribution is 2.25. The van der Waals surface area contributed by atoms with E-state index in [9.17, 15) is 4.79 Å². The molecule has 2 N–H and O–H groups in total. The van der Waals surface area contributed by atoms with Crippen LogP contribution in [0.15, 0.2) is 30.3 Å². The molecule has 0 saturated carbocycles. The first-order valence-corrected chi connectivity index (χ1v) is 4.44. The summed E-state index contributed by atoms with van der Waals surface area (Å²) in [5.74, 6) is 0. The van der Waals surface area contributed by atoms with Gasteiger partial charge >= 0.3 is 6.09 Å². The van der Waals surface area contributed by atoms with Crippen LogP contribution in [0, 0.1) is 0 Å². The lowest BCUT2D eigenvalue weighted by molar-refractivity contribution is 0.119. The van der Waals surface area contributed by atoms with Crippen LogP contribution >= 0.6 is 0 Å². The van der Waals surface area contributed by atoms with Gasteiger partial charge in [-0.3, -0.25) is 0 Å². The lowest BCUT2D eigenvalue weighted by Crippen LogP contribution is -2.31. The monoisotopic (exact) mass is 193 g/mol. The van der Waals surface area contributed by atoms with Gasteiger partial charge in [0.25, 0.3) is 0 Å². The third-order valence-electron chi connectivity index (χ3n) is 2.23. The van der Waals surface area contributed by atoms with Gasteiger partial charge in [-0.25, -0.2) is 4.79 Å². The van der Waals surface area contributed by atoms with Crippen LogP contribution < -0.4 is 5.32 Å². The van der Waals surface area contributed by atoms with Crippen molar-refractivity contribution in [2.45, 2.75) is 12.1 Å². The van der Waals surface area contributed by atoms with E-state index in [1.807, 2.05) is 30.3 Å². The maximum Gasteiger partial charge on any atom is 0.408 e. The van der Waals surface area contributed by atoms with Gasteiger partial charge in [-0.15, -0.1) is 0 Å². The third-order valence-corrected chi connectivity index (χ3v) is 2.23. The molecule has 1 saturated heterocycles. The first kappa shape index (κ1) is 9.02. The zero-order valence-electron chi connectivity index (χ0n) is 7.51. The smallest absolute Gasteiger partial charge is 0.408 e. The number of alkyl carbamates (subject to hydrolysis) is 1. The number of carbonyl (C=O) groups is 1. The van der Waals surface area contributed by atoms with Gasteiger partial charge < -0.3 is 15.2 Å². The number of aliphatic hydroxyl groups excluding tert-OH is 1. The molecule has 1 aromatic carbocycles. The SMILES string of the molecule is O=C1N[C@@H](CO)[C@H](c2ccccc2)O1. The van der Waals surface area contributed by atoms with Crippen molar-refractivity contribution in [3.63, 3.8) is 0 Å². The molecular weight excluding hydrogens is 182 g/mol. The fourth-order valence-corrected chi connectivity index (χ4v) is 1.54. The summed E-state index contributed by atoms with van der Waals surface area (Å²) in [5.41, 5.74) is 0.893. The average Bonchev–Trinajstić information content (AvgIpc) is 2.61. The van der Waals surface area contributed by atoms with E-state index in [1.165, 1.54) is 0 Å². The minimum atomic E-state index is -0.474. The molecule has 2 atom stereocenters. The largest absolute Gasteiger partial charge is 0.439 e. The third kappa shape index (κ3) is 1.56. The van der Waals surface area contributed by atoms with Gasteiger partial charge in [0.15, 0.2) is 6.10 Å². The summed E-state index contributed by atoms with van der Waals surface area (Å²) in [5, 5.41) is 11.6. The standard InChI is InChI=1S/C10H11NO3/c12-6-8-9(14-10(13)11-8)7-4-2-1-3-5-7/h1-5,8-9,12H,6H2,(H,11,13)/t8-,9-/m0/s1. The van der Waals surface area contributed by atoms with Gasteiger partial charge in [0.1, 0.15) is 0 Å². The number of rotatable bonds is 2. The van der Waals surface area contributed by atoms with Crippen LogP contribution in [0.2, 0.25) is 0 Å². The molecule has 1 aromatic rings. The first-order chi connectivity index (χ1) is 6.81. The Kier molecular flexibility index (Phi) is 2.37. The Morgan fingerprint density at radius 3 is 2.71 bits per heavy atom. The normalized spacial score (nSPS) is 25.6. The number of hydrogen-bond donors (Lipinski definition) is 2. The first-order valence-electron chi connectivity index (χ1n) is 4.44. The Balaban J connectivity index is 2.22. The minimum Gasteiger partial charge on any atom is -0.439 e. The molecule has 2 rings (SSSR count). The summed E-state index contributed by atoms with van der Waals surface area (Å²) >= 11 is 0. The Hall–Kier alpha value is -1.55. The van der Waals surface area contributed by atoms with E-state index in [1.54, 1.807) is 0 Å². The van der Waals surface area contributed by atoms with Crippen molar-refractivity contribution in [2.24, 2.45) is 0 Å². The summed E-state index contributed by atoms with van der Waals surface area (Å²) < 4.78 is 5.04. The van der Waals surface area contributed by atoms with E-state index in [0.717, 1.165) is 5.56 Å². The van der Waals surface area contributed by atoms with Crippen molar-refractivity contribution in [1.82, 2.24) is 5.32 Å². The van der Waals surface area contributed by atoms with E-state index in [0.29, 0.717) is 0 Å². The number of aliphatic hydroxyl groups is 1.